The number of aliphatic imine (C=N–C) groups is 1. The zero-order valence-corrected chi connectivity index (χ0v) is 15.4. The molecule has 1 aliphatic heterocycles. The first-order valence-electron chi connectivity index (χ1n) is 6.48. The van der Waals surface area contributed by atoms with Crippen LogP contribution in [-0.2, 0) is 0 Å². The number of fused-ring (bicyclic) bond motifs is 1. The van der Waals surface area contributed by atoms with Gasteiger partial charge < -0.3 is 5.32 Å². The van der Waals surface area contributed by atoms with Gasteiger partial charge in [0.1, 0.15) is 0 Å². The second kappa shape index (κ2) is 7.51. The van der Waals surface area contributed by atoms with E-state index in [1.807, 2.05) is 24.5 Å². The Hall–Kier alpha value is -0.720. The van der Waals surface area contributed by atoms with Crippen molar-refractivity contribution >= 4 is 58.2 Å². The Morgan fingerprint density at radius 1 is 1.14 bits per heavy atom. The molecule has 1 N–H and O–H groups in total. The van der Waals surface area contributed by atoms with E-state index >= 15 is 0 Å². The number of hydrogen-bond donors (Lipinski definition) is 1. The van der Waals surface area contributed by atoms with Gasteiger partial charge in [-0.2, -0.15) is 0 Å². The van der Waals surface area contributed by atoms with Gasteiger partial charge >= 0.3 is 0 Å². The first-order valence-corrected chi connectivity index (χ1v) is 8.08. The number of amidine groups is 1. The van der Waals surface area contributed by atoms with Crippen molar-refractivity contribution in [3.05, 3.63) is 64.7 Å². The zero-order chi connectivity index (χ0) is 13.9. The Labute approximate surface area is 151 Å². The molecule has 3 rings (SSSR count). The fraction of sp³-hybridized carbons (Fsp3) is 0.188. The van der Waals surface area contributed by atoms with Gasteiger partial charge in [0.15, 0.2) is 5.17 Å². The minimum absolute atomic E-state index is 0. The Kier molecular flexibility index (Phi) is 5.96. The van der Waals surface area contributed by atoms with E-state index in [9.17, 15) is 0 Å². The third-order valence-corrected chi connectivity index (χ3v) is 4.33. The number of thioether (sulfide) groups is 1. The summed E-state index contributed by atoms with van der Waals surface area (Å²) in [5.41, 5.74) is 3.66. The van der Waals surface area contributed by atoms with E-state index in [1.54, 1.807) is 11.8 Å². The molecule has 0 fully saturated rings. The van der Waals surface area contributed by atoms with E-state index in [-0.39, 0.29) is 29.9 Å². The Morgan fingerprint density at radius 2 is 1.86 bits per heavy atom. The average molecular weight is 431 g/mol. The lowest BCUT2D eigenvalue weighted by molar-refractivity contribution is 0.830. The van der Waals surface area contributed by atoms with Crippen LogP contribution in [0, 0.1) is 0 Å². The Bertz CT molecular complexity index is 643. The van der Waals surface area contributed by atoms with Gasteiger partial charge in [-0.05, 0) is 35.6 Å². The molecule has 1 atom stereocenters. The van der Waals surface area contributed by atoms with Gasteiger partial charge in [-0.25, -0.2) is 0 Å². The summed E-state index contributed by atoms with van der Waals surface area (Å²) < 4.78 is 0. The van der Waals surface area contributed by atoms with Crippen LogP contribution in [0.3, 0.4) is 0 Å². The predicted octanol–water partition coefficient (Wildman–Crippen LogP) is 5.23. The molecule has 2 aromatic carbocycles. The number of nitrogens with one attached hydrogen (secondary N) is 1. The molecule has 0 bridgehead atoms. The number of nitrogens with zero attached hydrogens (tertiary/aromatic N) is 1. The summed E-state index contributed by atoms with van der Waals surface area (Å²) in [5, 5.41) is 5.14. The van der Waals surface area contributed by atoms with Crippen LogP contribution >= 0.6 is 47.3 Å². The monoisotopic (exact) mass is 430 g/mol. The molecule has 0 amide bonds. The maximum atomic E-state index is 5.99. The van der Waals surface area contributed by atoms with Crippen molar-refractivity contribution in [1.82, 2.24) is 0 Å². The molecule has 0 aliphatic carbocycles. The summed E-state index contributed by atoms with van der Waals surface area (Å²) in [7, 11) is 0. The van der Waals surface area contributed by atoms with Crippen LogP contribution in [0.2, 0.25) is 5.02 Å². The number of halogens is 2. The average Bonchev–Trinajstić information content (AvgIpc) is 2.67. The van der Waals surface area contributed by atoms with E-state index in [0.29, 0.717) is 0 Å². The van der Waals surface area contributed by atoms with Crippen LogP contribution in [0.25, 0.3) is 0 Å². The van der Waals surface area contributed by atoms with Crippen molar-refractivity contribution in [3.8, 4) is 0 Å². The predicted molar refractivity (Wildman–Crippen MR) is 105 cm³/mol. The fourth-order valence-electron chi connectivity index (χ4n) is 2.44. The molecule has 0 radical (unpaired) electrons. The third kappa shape index (κ3) is 3.73. The Balaban J connectivity index is 0.00000161. The van der Waals surface area contributed by atoms with Crippen molar-refractivity contribution in [2.24, 2.45) is 4.99 Å². The molecule has 1 aliphatic rings. The molecule has 0 spiro atoms. The lowest BCUT2D eigenvalue weighted by Crippen LogP contribution is -2.06. The van der Waals surface area contributed by atoms with Crippen molar-refractivity contribution in [2.75, 3.05) is 18.1 Å². The number of para-hydroxylation sites is 1. The molecule has 21 heavy (non-hydrogen) atoms. The van der Waals surface area contributed by atoms with E-state index in [0.717, 1.165) is 22.4 Å². The quantitative estimate of drug-likeness (QED) is 0.626. The minimum Gasteiger partial charge on any atom is -0.335 e. The van der Waals surface area contributed by atoms with E-state index in [1.165, 1.54) is 11.1 Å². The summed E-state index contributed by atoms with van der Waals surface area (Å²) in [6, 6.07) is 16.5. The smallest absolute Gasteiger partial charge is 0.160 e. The van der Waals surface area contributed by atoms with Crippen LogP contribution in [-0.4, -0.2) is 18.0 Å². The minimum atomic E-state index is 0. The van der Waals surface area contributed by atoms with Crippen molar-refractivity contribution in [1.29, 1.82) is 0 Å². The highest BCUT2D eigenvalue weighted by Gasteiger charge is 2.20. The van der Waals surface area contributed by atoms with Gasteiger partial charge in [0.2, 0.25) is 0 Å². The van der Waals surface area contributed by atoms with Crippen LogP contribution in [0.15, 0.2) is 53.5 Å². The maximum absolute atomic E-state index is 5.99. The van der Waals surface area contributed by atoms with E-state index in [2.05, 4.69) is 40.6 Å². The first-order chi connectivity index (χ1) is 9.78. The standard InChI is InChI=1S/C16H15ClN2S.HI/c1-20-16-18-10-14(11-6-8-12(17)9-7-11)13-4-2-3-5-15(13)19-16;/h2-9,14H,10H2,1H3,(H,18,19);1H. The topological polar surface area (TPSA) is 24.4 Å². The molecule has 2 aromatic rings. The SMILES string of the molecule is CSC1=NCC(c2ccc(Cl)cc2)c2ccccc2N1.I. The highest BCUT2D eigenvalue weighted by molar-refractivity contribution is 14.0. The van der Waals surface area contributed by atoms with Gasteiger partial charge in [0.25, 0.3) is 0 Å². The summed E-state index contributed by atoms with van der Waals surface area (Å²) in [6.45, 7) is 0.752. The highest BCUT2D eigenvalue weighted by Crippen LogP contribution is 2.33. The number of rotatable bonds is 1. The normalized spacial score (nSPS) is 16.9. The molecule has 110 valence electrons. The number of hydrogen-bond acceptors (Lipinski definition) is 3. The second-order valence-corrected chi connectivity index (χ2v) is 5.90. The Morgan fingerprint density at radius 3 is 2.57 bits per heavy atom. The molecule has 1 heterocycles. The largest absolute Gasteiger partial charge is 0.335 e. The van der Waals surface area contributed by atoms with Crippen molar-refractivity contribution in [2.45, 2.75) is 5.92 Å². The summed E-state index contributed by atoms with van der Waals surface area (Å²) in [6.07, 6.45) is 2.04. The summed E-state index contributed by atoms with van der Waals surface area (Å²) in [4.78, 5) is 4.67. The van der Waals surface area contributed by atoms with Crippen molar-refractivity contribution in [3.63, 3.8) is 0 Å². The van der Waals surface area contributed by atoms with Gasteiger partial charge in [-0.15, -0.1) is 24.0 Å². The van der Waals surface area contributed by atoms with E-state index in [4.69, 9.17) is 11.6 Å². The molecule has 0 aromatic heterocycles. The zero-order valence-electron chi connectivity index (χ0n) is 11.5. The van der Waals surface area contributed by atoms with Gasteiger partial charge in [-0.1, -0.05) is 53.7 Å². The number of anilines is 1. The fourth-order valence-corrected chi connectivity index (χ4v) is 2.98. The maximum Gasteiger partial charge on any atom is 0.160 e. The van der Waals surface area contributed by atoms with E-state index < -0.39 is 0 Å². The van der Waals surface area contributed by atoms with Crippen LogP contribution in [0.4, 0.5) is 5.69 Å². The summed E-state index contributed by atoms with van der Waals surface area (Å²) in [5.74, 6) is 0.264. The molecular weight excluding hydrogens is 415 g/mol. The van der Waals surface area contributed by atoms with Crippen LogP contribution in [0.5, 0.6) is 0 Å². The first kappa shape index (κ1) is 16.6. The highest BCUT2D eigenvalue weighted by atomic mass is 127. The molecule has 1 unspecified atom stereocenters. The van der Waals surface area contributed by atoms with Crippen LogP contribution < -0.4 is 5.32 Å². The lowest BCUT2D eigenvalue weighted by Gasteiger charge is -2.17. The molecule has 5 heteroatoms. The van der Waals surface area contributed by atoms with Crippen LogP contribution in [0.1, 0.15) is 17.0 Å². The van der Waals surface area contributed by atoms with Gasteiger partial charge in [0, 0.05) is 16.6 Å². The molecule has 0 saturated carbocycles. The lowest BCUT2D eigenvalue weighted by atomic mass is 9.90. The summed E-state index contributed by atoms with van der Waals surface area (Å²) >= 11 is 7.63. The second-order valence-electron chi connectivity index (χ2n) is 4.67. The van der Waals surface area contributed by atoms with Gasteiger partial charge in [-0.3, -0.25) is 4.99 Å². The number of benzene rings is 2. The molecule has 2 nitrogen and oxygen atoms in total. The molecule has 0 saturated heterocycles. The van der Waals surface area contributed by atoms with Gasteiger partial charge in [0.05, 0.1) is 6.54 Å². The third-order valence-electron chi connectivity index (χ3n) is 3.46. The molecular formula is C16H16ClIN2S. The van der Waals surface area contributed by atoms with Crippen molar-refractivity contribution < 1.29 is 0 Å².